The van der Waals surface area contributed by atoms with Crippen molar-refractivity contribution >= 4 is 0 Å². The van der Waals surface area contributed by atoms with Gasteiger partial charge in [-0.15, -0.1) is 0 Å². The zero-order chi connectivity index (χ0) is 45.9. The summed E-state index contributed by atoms with van der Waals surface area (Å²) < 4.78 is 0. The van der Waals surface area contributed by atoms with Crippen LogP contribution in [-0.4, -0.2) is 66.7 Å². The molecule has 0 aromatic rings. The van der Waals surface area contributed by atoms with Gasteiger partial charge >= 0.3 is 0 Å². The molecule has 1 saturated heterocycles. The minimum atomic E-state index is 0.606. The lowest BCUT2D eigenvalue weighted by atomic mass is 10.1. The van der Waals surface area contributed by atoms with E-state index in [9.17, 15) is 0 Å². The van der Waals surface area contributed by atoms with Crippen molar-refractivity contribution in [3.05, 3.63) is 72.9 Å². The highest BCUT2D eigenvalue weighted by Gasteiger charge is 2.30. The molecule has 0 aromatic carbocycles. The maximum atomic E-state index is 2.98. The Morgan fingerprint density at radius 2 is 0.656 bits per heavy atom. The van der Waals surface area contributed by atoms with Crippen LogP contribution in [0.4, 0.5) is 0 Å². The molecule has 0 amide bonds. The minimum Gasteiger partial charge on any atom is -0.299 e. The first-order valence-electron chi connectivity index (χ1n) is 28.9. The van der Waals surface area contributed by atoms with Crippen LogP contribution in [-0.2, 0) is 0 Å². The molecule has 64 heavy (non-hydrogen) atoms. The molecule has 0 bridgehead atoms. The summed E-state index contributed by atoms with van der Waals surface area (Å²) in [5, 5.41) is 0. The molecule has 3 heteroatoms. The largest absolute Gasteiger partial charge is 0.299 e. The lowest BCUT2D eigenvalue weighted by Gasteiger charge is -2.47. The molecule has 1 aliphatic rings. The second-order valence-electron chi connectivity index (χ2n) is 19.6. The highest BCUT2D eigenvalue weighted by atomic mass is 15.4. The summed E-state index contributed by atoms with van der Waals surface area (Å²) >= 11 is 0. The van der Waals surface area contributed by atoms with Gasteiger partial charge in [0.2, 0.25) is 0 Å². The van der Waals surface area contributed by atoms with E-state index in [4.69, 9.17) is 0 Å². The topological polar surface area (TPSA) is 9.72 Å². The molecule has 1 atom stereocenters. The number of hydrogen-bond acceptors (Lipinski definition) is 3. The molecule has 0 aromatic heterocycles. The van der Waals surface area contributed by atoms with Gasteiger partial charge in [-0.25, -0.2) is 0 Å². The Bertz CT molecular complexity index is 1050. The van der Waals surface area contributed by atoms with Crippen LogP contribution < -0.4 is 0 Å². The number of nitrogens with zero attached hydrogens (tertiary/aromatic N) is 3. The maximum absolute atomic E-state index is 2.98. The van der Waals surface area contributed by atoms with Crippen molar-refractivity contribution < 1.29 is 0 Å². The van der Waals surface area contributed by atoms with Crippen LogP contribution in [0.1, 0.15) is 265 Å². The van der Waals surface area contributed by atoms with Gasteiger partial charge in [0.05, 0.1) is 6.17 Å². The molecule has 1 fully saturated rings. The normalized spacial score (nSPS) is 15.8. The van der Waals surface area contributed by atoms with Crippen molar-refractivity contribution in [2.24, 2.45) is 0 Å². The Hall–Kier alpha value is -1.68. The van der Waals surface area contributed by atoms with Crippen molar-refractivity contribution in [3.8, 4) is 0 Å². The third kappa shape index (κ3) is 40.6. The molecule has 0 aliphatic carbocycles. The van der Waals surface area contributed by atoms with Crippen LogP contribution in [0.15, 0.2) is 72.9 Å². The van der Waals surface area contributed by atoms with Gasteiger partial charge in [0.15, 0.2) is 0 Å². The van der Waals surface area contributed by atoms with E-state index in [2.05, 4.69) is 115 Å². The van der Waals surface area contributed by atoms with E-state index in [0.717, 1.165) is 19.3 Å². The monoisotopic (exact) mass is 888 g/mol. The zero-order valence-corrected chi connectivity index (χ0v) is 44.0. The average Bonchev–Trinajstić information content (AvgIpc) is 3.30. The van der Waals surface area contributed by atoms with Gasteiger partial charge in [-0.2, -0.15) is 0 Å². The third-order valence-electron chi connectivity index (χ3n) is 13.4. The van der Waals surface area contributed by atoms with Gasteiger partial charge < -0.3 is 0 Å². The van der Waals surface area contributed by atoms with Crippen LogP contribution in [0.3, 0.4) is 0 Å². The minimum absolute atomic E-state index is 0.606. The van der Waals surface area contributed by atoms with Gasteiger partial charge in [-0.05, 0) is 148 Å². The predicted octanol–water partition coefficient (Wildman–Crippen LogP) is 19.1. The molecule has 0 spiro atoms. The summed E-state index contributed by atoms with van der Waals surface area (Å²) in [7, 11) is 0. The lowest BCUT2D eigenvalue weighted by molar-refractivity contribution is -0.0247. The van der Waals surface area contributed by atoms with E-state index in [1.54, 1.807) is 0 Å². The van der Waals surface area contributed by atoms with Crippen LogP contribution >= 0.6 is 0 Å². The summed E-state index contributed by atoms with van der Waals surface area (Å²) in [5.74, 6) is 0. The summed E-state index contributed by atoms with van der Waals surface area (Å²) in [6.07, 6.45) is 78.5. The molecule has 1 aliphatic heterocycles. The van der Waals surface area contributed by atoms with Crippen LogP contribution in [0.25, 0.3) is 0 Å². The second-order valence-corrected chi connectivity index (χ2v) is 19.6. The maximum Gasteiger partial charge on any atom is 0.0754 e. The van der Waals surface area contributed by atoms with Crippen molar-refractivity contribution in [1.82, 2.24) is 14.7 Å². The standard InChI is InChI=1S/C61H113N3/c1-5-9-12-15-18-21-24-27-30-33-36-39-42-45-48-51-55-63(56-52-49-46-43-40-37-34-31-28-25-22-19-16-13-10-6-2)61-60-62(54-8-4)58-59-64(61)57-53-50-47-44-41-38-35-32-29-26-23-20-17-14-11-7-3/h18-23,27-32,61H,5-17,24-26,33-60H2,1-4H3/b21-18+,22-19+,23-20+,30-27+,31-28+,32-29+. The first-order valence-corrected chi connectivity index (χ1v) is 28.9. The molecule has 1 unspecified atom stereocenters. The fourth-order valence-electron chi connectivity index (χ4n) is 9.30. The molecule has 0 radical (unpaired) electrons. The quantitative estimate of drug-likeness (QED) is 0.0445. The zero-order valence-electron chi connectivity index (χ0n) is 44.0. The van der Waals surface area contributed by atoms with Gasteiger partial charge in [-0.3, -0.25) is 14.7 Å². The second kappa shape index (κ2) is 50.7. The first-order chi connectivity index (χ1) is 31.8. The van der Waals surface area contributed by atoms with Gasteiger partial charge in [-0.1, -0.05) is 216 Å². The highest BCUT2D eigenvalue weighted by molar-refractivity contribution is 4.94. The van der Waals surface area contributed by atoms with E-state index >= 15 is 0 Å². The summed E-state index contributed by atoms with van der Waals surface area (Å²) in [6, 6.07) is 0. The molecule has 0 saturated carbocycles. The van der Waals surface area contributed by atoms with E-state index < -0.39 is 0 Å². The average molecular weight is 889 g/mol. The Morgan fingerprint density at radius 1 is 0.328 bits per heavy atom. The Morgan fingerprint density at radius 3 is 1.02 bits per heavy atom. The van der Waals surface area contributed by atoms with Crippen LogP contribution in [0, 0.1) is 0 Å². The van der Waals surface area contributed by atoms with Crippen LogP contribution in [0.5, 0.6) is 0 Å². The molecule has 372 valence electrons. The molecular weight excluding hydrogens is 775 g/mol. The fourth-order valence-corrected chi connectivity index (χ4v) is 9.30. The molecule has 1 rings (SSSR count). The van der Waals surface area contributed by atoms with Gasteiger partial charge in [0.1, 0.15) is 0 Å². The first kappa shape index (κ1) is 60.3. The van der Waals surface area contributed by atoms with Crippen molar-refractivity contribution in [3.63, 3.8) is 0 Å². The summed E-state index contributed by atoms with van der Waals surface area (Å²) in [5.41, 5.74) is 0. The van der Waals surface area contributed by atoms with Crippen molar-refractivity contribution in [2.75, 3.05) is 45.8 Å². The highest BCUT2D eigenvalue weighted by Crippen LogP contribution is 2.20. The fraction of sp³-hybridized carbons (Fsp3) is 0.803. The Kier molecular flexibility index (Phi) is 47.8. The van der Waals surface area contributed by atoms with Crippen molar-refractivity contribution in [1.29, 1.82) is 0 Å². The Labute approximate surface area is 403 Å². The molecule has 0 N–H and O–H groups in total. The SMILES string of the molecule is CCCCC/C=C/C/C=C/CCCCCCCCN(CCCCCCCC/C=C/C/C=C/CCCCC)C1CN(CCC)CCN1CCCCCCCC/C=C/C/C=C/CCCCC. The van der Waals surface area contributed by atoms with E-state index in [0.29, 0.717) is 6.17 Å². The van der Waals surface area contributed by atoms with E-state index in [1.165, 1.54) is 264 Å². The van der Waals surface area contributed by atoms with Gasteiger partial charge in [0, 0.05) is 19.6 Å². The summed E-state index contributed by atoms with van der Waals surface area (Å²) in [4.78, 5) is 8.70. The van der Waals surface area contributed by atoms with Crippen molar-refractivity contribution in [2.45, 2.75) is 271 Å². The number of allylic oxidation sites excluding steroid dienone is 12. The smallest absolute Gasteiger partial charge is 0.0754 e. The van der Waals surface area contributed by atoms with E-state index in [1.807, 2.05) is 0 Å². The van der Waals surface area contributed by atoms with Gasteiger partial charge in [0.25, 0.3) is 0 Å². The number of hydrogen-bond donors (Lipinski definition) is 0. The predicted molar refractivity (Wildman–Crippen MR) is 292 cm³/mol. The molecular formula is C61H113N3. The Balaban J connectivity index is 2.53. The summed E-state index contributed by atoms with van der Waals surface area (Å²) in [6.45, 7) is 18.1. The number of rotatable bonds is 48. The van der Waals surface area contributed by atoms with E-state index in [-0.39, 0.29) is 0 Å². The van der Waals surface area contributed by atoms with Crippen LogP contribution in [0.2, 0.25) is 0 Å². The molecule has 3 nitrogen and oxygen atoms in total. The number of piperazine rings is 1. The lowest BCUT2D eigenvalue weighted by Crippen LogP contribution is -2.60. The third-order valence-corrected chi connectivity index (χ3v) is 13.4. The molecule has 1 heterocycles. The number of unbranched alkanes of at least 4 members (excludes halogenated alkanes) is 27.